The average Bonchev–Trinajstić information content (AvgIpc) is 2.67. The summed E-state index contributed by atoms with van der Waals surface area (Å²) in [6.45, 7) is 0.0818. The highest BCUT2D eigenvalue weighted by Crippen LogP contribution is 2.39. The molecule has 0 bridgehead atoms. The van der Waals surface area contributed by atoms with Gasteiger partial charge in [0.25, 0.3) is 0 Å². The number of nitrogens with zero attached hydrogens (tertiary/aromatic N) is 1. The number of halogens is 3. The second kappa shape index (κ2) is 4.89. The van der Waals surface area contributed by atoms with Crippen LogP contribution in [0.1, 0.15) is 24.8 Å². The van der Waals surface area contributed by atoms with Gasteiger partial charge in [0.05, 0.1) is 18.2 Å². The lowest BCUT2D eigenvalue weighted by Gasteiger charge is -2.12. The van der Waals surface area contributed by atoms with E-state index in [-0.39, 0.29) is 36.7 Å². The molecule has 5 heteroatoms. The van der Waals surface area contributed by atoms with Gasteiger partial charge in [-0.25, -0.2) is 13.2 Å². The van der Waals surface area contributed by atoms with Crippen LogP contribution >= 0.6 is 0 Å². The van der Waals surface area contributed by atoms with Gasteiger partial charge in [0.15, 0.2) is 11.6 Å². The second-order valence-corrected chi connectivity index (χ2v) is 4.53. The number of rotatable bonds is 3. The van der Waals surface area contributed by atoms with E-state index in [0.29, 0.717) is 6.42 Å². The van der Waals surface area contributed by atoms with Crippen LogP contribution in [0.2, 0.25) is 0 Å². The first kappa shape index (κ1) is 12.7. The molecule has 0 aromatic heterocycles. The molecule has 1 saturated carbocycles. The minimum Gasteiger partial charge on any atom is -0.490 e. The maximum Gasteiger partial charge on any atom is 0.248 e. The van der Waals surface area contributed by atoms with Gasteiger partial charge in [-0.1, -0.05) is 0 Å². The molecule has 2 nitrogen and oxygen atoms in total. The average molecular weight is 255 g/mol. The number of benzene rings is 1. The Labute approximate surface area is 103 Å². The molecule has 96 valence electrons. The smallest absolute Gasteiger partial charge is 0.248 e. The fraction of sp³-hybridized carbons (Fsp3) is 0.462. The van der Waals surface area contributed by atoms with E-state index in [4.69, 9.17) is 10.00 Å². The van der Waals surface area contributed by atoms with Crippen molar-refractivity contribution in [1.82, 2.24) is 0 Å². The number of alkyl halides is 2. The summed E-state index contributed by atoms with van der Waals surface area (Å²) in [6.07, 6.45) is 0.0622. The van der Waals surface area contributed by atoms with Crippen molar-refractivity contribution < 1.29 is 17.9 Å². The van der Waals surface area contributed by atoms with Gasteiger partial charge in [0, 0.05) is 12.8 Å². The van der Waals surface area contributed by atoms with Crippen molar-refractivity contribution in [2.24, 2.45) is 5.92 Å². The van der Waals surface area contributed by atoms with Gasteiger partial charge in [-0.05, 0) is 30.5 Å². The molecular weight excluding hydrogens is 243 g/mol. The van der Waals surface area contributed by atoms with Gasteiger partial charge >= 0.3 is 0 Å². The Morgan fingerprint density at radius 2 is 2.22 bits per heavy atom. The van der Waals surface area contributed by atoms with Gasteiger partial charge < -0.3 is 4.74 Å². The molecule has 2 rings (SSSR count). The molecule has 1 aliphatic carbocycles. The van der Waals surface area contributed by atoms with E-state index < -0.39 is 11.7 Å². The quantitative estimate of drug-likeness (QED) is 0.828. The molecule has 0 aliphatic heterocycles. The predicted molar refractivity (Wildman–Crippen MR) is 58.9 cm³/mol. The molecule has 1 aliphatic rings. The SMILES string of the molecule is N#Cc1ccc(OCC2CCC(F)(F)C2)c(F)c1. The van der Waals surface area contributed by atoms with Crippen molar-refractivity contribution in [3.8, 4) is 11.8 Å². The molecule has 1 fully saturated rings. The Hall–Kier alpha value is -1.70. The third kappa shape index (κ3) is 2.95. The van der Waals surface area contributed by atoms with Gasteiger partial charge in [0.2, 0.25) is 5.92 Å². The lowest BCUT2D eigenvalue weighted by molar-refractivity contribution is 0.00286. The van der Waals surface area contributed by atoms with E-state index in [1.165, 1.54) is 12.1 Å². The molecule has 0 heterocycles. The van der Waals surface area contributed by atoms with E-state index in [0.717, 1.165) is 6.07 Å². The molecule has 1 aromatic carbocycles. The van der Waals surface area contributed by atoms with E-state index in [9.17, 15) is 13.2 Å². The molecule has 1 unspecified atom stereocenters. The predicted octanol–water partition coefficient (Wildman–Crippen LogP) is 3.51. The zero-order valence-corrected chi connectivity index (χ0v) is 9.63. The largest absolute Gasteiger partial charge is 0.490 e. The molecular formula is C13H12F3NO. The van der Waals surface area contributed by atoms with Crippen molar-refractivity contribution in [1.29, 1.82) is 5.26 Å². The normalized spacial score (nSPS) is 21.6. The van der Waals surface area contributed by atoms with Crippen molar-refractivity contribution in [2.75, 3.05) is 6.61 Å². The molecule has 0 N–H and O–H groups in total. The maximum absolute atomic E-state index is 13.4. The van der Waals surface area contributed by atoms with Crippen LogP contribution in [0.5, 0.6) is 5.75 Å². The minimum absolute atomic E-state index is 0.00390. The van der Waals surface area contributed by atoms with E-state index in [2.05, 4.69) is 0 Å². The summed E-state index contributed by atoms with van der Waals surface area (Å²) in [6, 6.07) is 5.66. The molecule has 0 saturated heterocycles. The van der Waals surface area contributed by atoms with Gasteiger partial charge in [-0.15, -0.1) is 0 Å². The van der Waals surface area contributed by atoms with Crippen LogP contribution in [0.15, 0.2) is 18.2 Å². The first-order valence-electron chi connectivity index (χ1n) is 5.70. The highest BCUT2D eigenvalue weighted by atomic mass is 19.3. The highest BCUT2D eigenvalue weighted by molar-refractivity contribution is 5.35. The van der Waals surface area contributed by atoms with Crippen LogP contribution in [0.4, 0.5) is 13.2 Å². The number of hydrogen-bond donors (Lipinski definition) is 0. The van der Waals surface area contributed by atoms with Crippen LogP contribution in [-0.4, -0.2) is 12.5 Å². The first-order valence-corrected chi connectivity index (χ1v) is 5.70. The number of nitriles is 1. The Bertz CT molecular complexity index is 482. The summed E-state index contributed by atoms with van der Waals surface area (Å²) in [5, 5.41) is 8.57. The lowest BCUT2D eigenvalue weighted by Crippen LogP contribution is -2.14. The molecule has 1 aromatic rings. The Balaban J connectivity index is 1.93. The van der Waals surface area contributed by atoms with Crippen molar-refractivity contribution in [2.45, 2.75) is 25.2 Å². The van der Waals surface area contributed by atoms with Crippen molar-refractivity contribution >= 4 is 0 Å². The Morgan fingerprint density at radius 1 is 1.44 bits per heavy atom. The summed E-state index contributed by atoms with van der Waals surface area (Å²) in [4.78, 5) is 0. The van der Waals surface area contributed by atoms with Gasteiger partial charge in [-0.3, -0.25) is 0 Å². The molecule has 1 atom stereocenters. The fourth-order valence-electron chi connectivity index (χ4n) is 2.08. The summed E-state index contributed by atoms with van der Waals surface area (Å²) in [7, 11) is 0. The van der Waals surface area contributed by atoms with Crippen molar-refractivity contribution in [3.63, 3.8) is 0 Å². The zero-order valence-electron chi connectivity index (χ0n) is 9.63. The molecule has 0 spiro atoms. The first-order chi connectivity index (χ1) is 8.50. The van der Waals surface area contributed by atoms with Gasteiger partial charge in [-0.2, -0.15) is 5.26 Å². The molecule has 0 amide bonds. The summed E-state index contributed by atoms with van der Waals surface area (Å²) < 4.78 is 44.5. The van der Waals surface area contributed by atoms with E-state index in [1.54, 1.807) is 0 Å². The van der Waals surface area contributed by atoms with Gasteiger partial charge in [0.1, 0.15) is 0 Å². The Kier molecular flexibility index (Phi) is 3.46. The van der Waals surface area contributed by atoms with Crippen LogP contribution in [0, 0.1) is 23.1 Å². The number of ether oxygens (including phenoxy) is 1. The van der Waals surface area contributed by atoms with Crippen LogP contribution < -0.4 is 4.74 Å². The van der Waals surface area contributed by atoms with Crippen molar-refractivity contribution in [3.05, 3.63) is 29.6 Å². The Morgan fingerprint density at radius 3 is 2.78 bits per heavy atom. The summed E-state index contributed by atoms with van der Waals surface area (Å²) in [5.74, 6) is -3.49. The lowest BCUT2D eigenvalue weighted by atomic mass is 10.1. The maximum atomic E-state index is 13.4. The topological polar surface area (TPSA) is 33.0 Å². The highest BCUT2D eigenvalue weighted by Gasteiger charge is 2.39. The zero-order chi connectivity index (χ0) is 13.2. The third-order valence-electron chi connectivity index (χ3n) is 3.04. The standard InChI is InChI=1S/C13H12F3NO/c14-11-5-9(7-17)1-2-12(11)18-8-10-3-4-13(15,16)6-10/h1-2,5,10H,3-4,6,8H2. The van der Waals surface area contributed by atoms with Crippen LogP contribution in [0.25, 0.3) is 0 Å². The van der Waals surface area contributed by atoms with E-state index >= 15 is 0 Å². The monoisotopic (exact) mass is 255 g/mol. The van der Waals surface area contributed by atoms with Crippen LogP contribution in [-0.2, 0) is 0 Å². The summed E-state index contributed by atoms with van der Waals surface area (Å²) in [5.41, 5.74) is 0.201. The fourth-order valence-corrected chi connectivity index (χ4v) is 2.08. The minimum atomic E-state index is -2.61. The van der Waals surface area contributed by atoms with Crippen LogP contribution in [0.3, 0.4) is 0 Å². The molecule has 18 heavy (non-hydrogen) atoms. The summed E-state index contributed by atoms with van der Waals surface area (Å²) >= 11 is 0. The molecule has 0 radical (unpaired) electrons. The third-order valence-corrected chi connectivity index (χ3v) is 3.04. The number of hydrogen-bond acceptors (Lipinski definition) is 2. The second-order valence-electron chi connectivity index (χ2n) is 4.53. The van der Waals surface area contributed by atoms with E-state index in [1.807, 2.05) is 6.07 Å².